The van der Waals surface area contributed by atoms with Gasteiger partial charge in [0.15, 0.2) is 0 Å². The van der Waals surface area contributed by atoms with Gasteiger partial charge in [-0.3, -0.25) is 4.79 Å². The molecule has 2 N–H and O–H groups in total. The zero-order chi connectivity index (χ0) is 33.4. The molecule has 0 spiro atoms. The van der Waals surface area contributed by atoms with Crippen LogP contribution in [-0.2, 0) is 14.6 Å². The maximum atomic E-state index is 12.0. The second-order valence-electron chi connectivity index (χ2n) is 18.4. The van der Waals surface area contributed by atoms with Crippen LogP contribution in [0, 0.1) is 51.8 Å². The standard InChI is InChI=1S/C40H64N2O4S/c1-27-31(28-8-10-29(11-9-28)36(43)44)14-19-37(2)32(27)15-20-39(4)35(37)13-12-33-34-7-6-18-40(34,22-21-38(33,39)3)41-23-26-42-24-16-30(17-25-42)47(5,45)46/h8,14,27,29-30,32-35,41H,6-7,9-13,15-26H2,1-5H3,(H,43,44)/t27?,29?,32?,33?,34-,35?,37?,38-,39?,40?/m1/s1. The van der Waals surface area contributed by atoms with Gasteiger partial charge in [0.25, 0.3) is 0 Å². The first kappa shape index (κ1) is 34.3. The number of allylic oxidation sites excluding steroid dienone is 4. The number of carbonyl (C=O) groups is 1. The summed E-state index contributed by atoms with van der Waals surface area (Å²) in [4.78, 5) is 14.1. The van der Waals surface area contributed by atoms with Crippen LogP contribution in [-0.4, -0.2) is 67.6 Å². The van der Waals surface area contributed by atoms with Gasteiger partial charge in [-0.05, 0) is 160 Å². The van der Waals surface area contributed by atoms with Gasteiger partial charge in [0, 0.05) is 24.9 Å². The summed E-state index contributed by atoms with van der Waals surface area (Å²) in [6, 6.07) is 0. The summed E-state index contributed by atoms with van der Waals surface area (Å²) in [5.41, 5.74) is 4.42. The van der Waals surface area contributed by atoms with Gasteiger partial charge in [-0.2, -0.15) is 0 Å². The minimum atomic E-state index is -2.92. The maximum absolute atomic E-state index is 12.0. The number of likely N-dealkylation sites (tertiary alicyclic amines) is 1. The van der Waals surface area contributed by atoms with Gasteiger partial charge >= 0.3 is 5.97 Å². The predicted octanol–water partition coefficient (Wildman–Crippen LogP) is 7.65. The summed E-state index contributed by atoms with van der Waals surface area (Å²) in [5, 5.41) is 13.6. The molecule has 264 valence electrons. The van der Waals surface area contributed by atoms with Gasteiger partial charge in [0.2, 0.25) is 0 Å². The lowest BCUT2D eigenvalue weighted by atomic mass is 9.34. The molecule has 5 fully saturated rings. The lowest BCUT2D eigenvalue weighted by Crippen LogP contribution is -2.67. The first-order valence-corrected chi connectivity index (χ1v) is 21.5. The van der Waals surface area contributed by atoms with Crippen LogP contribution >= 0.6 is 0 Å². The van der Waals surface area contributed by atoms with E-state index in [1.165, 1.54) is 76.0 Å². The Bertz CT molecular complexity index is 1400. The highest BCUT2D eigenvalue weighted by Crippen LogP contribution is 2.75. The summed E-state index contributed by atoms with van der Waals surface area (Å²) in [6.07, 6.45) is 23.7. The van der Waals surface area contributed by atoms with Gasteiger partial charge in [0.05, 0.1) is 11.2 Å². The summed E-state index contributed by atoms with van der Waals surface area (Å²) in [5.74, 6) is 2.80. The number of nitrogens with zero attached hydrogens (tertiary/aromatic N) is 1. The monoisotopic (exact) mass is 668 g/mol. The summed E-state index contributed by atoms with van der Waals surface area (Å²) < 4.78 is 24.1. The topological polar surface area (TPSA) is 86.7 Å². The molecule has 47 heavy (non-hydrogen) atoms. The number of fused-ring (bicyclic) bond motifs is 7. The normalized spacial score (nSPS) is 46.0. The van der Waals surface area contributed by atoms with Crippen LogP contribution < -0.4 is 5.32 Å². The largest absolute Gasteiger partial charge is 0.481 e. The van der Waals surface area contributed by atoms with Crippen molar-refractivity contribution in [2.75, 3.05) is 32.4 Å². The molecule has 1 heterocycles. The van der Waals surface area contributed by atoms with E-state index in [0.29, 0.717) is 34.1 Å². The predicted molar refractivity (Wildman–Crippen MR) is 190 cm³/mol. The Morgan fingerprint density at radius 2 is 1.68 bits per heavy atom. The van der Waals surface area contributed by atoms with Crippen LogP contribution in [0.25, 0.3) is 0 Å². The van der Waals surface area contributed by atoms with Gasteiger partial charge in [-0.25, -0.2) is 8.42 Å². The van der Waals surface area contributed by atoms with Crippen molar-refractivity contribution in [3.63, 3.8) is 0 Å². The Morgan fingerprint density at radius 3 is 2.36 bits per heavy atom. The molecular weight excluding hydrogens is 605 g/mol. The minimum Gasteiger partial charge on any atom is -0.481 e. The Kier molecular flexibility index (Phi) is 8.93. The van der Waals surface area contributed by atoms with Crippen molar-refractivity contribution in [1.82, 2.24) is 10.2 Å². The van der Waals surface area contributed by atoms with E-state index in [1.54, 1.807) is 5.57 Å². The molecule has 4 saturated carbocycles. The molecule has 0 aromatic carbocycles. The van der Waals surface area contributed by atoms with E-state index in [-0.39, 0.29) is 11.2 Å². The molecule has 0 amide bonds. The fraction of sp³-hybridized carbons (Fsp3) is 0.875. The van der Waals surface area contributed by atoms with E-state index in [4.69, 9.17) is 0 Å². The number of carboxylic acids is 1. The average molecular weight is 669 g/mol. The number of sulfone groups is 1. The Morgan fingerprint density at radius 1 is 0.915 bits per heavy atom. The Hall–Kier alpha value is -1.18. The SMILES string of the molecule is CC1C(C2=CCC(C(=O)O)CC2)=CCC2(C)C1CCC1(C)C2CCC2[C@H]3CCCC3(NCCN3CCC(S(C)(=O)=O)CC3)CC[C@]21C. The number of hydrogen-bond acceptors (Lipinski definition) is 5. The summed E-state index contributed by atoms with van der Waals surface area (Å²) in [6.45, 7) is 14.5. The van der Waals surface area contributed by atoms with Crippen LogP contribution in [0.3, 0.4) is 0 Å². The van der Waals surface area contributed by atoms with Gasteiger partial charge in [0.1, 0.15) is 9.84 Å². The third-order valence-electron chi connectivity index (χ3n) is 16.7. The lowest BCUT2D eigenvalue weighted by Gasteiger charge is -2.71. The van der Waals surface area contributed by atoms with E-state index < -0.39 is 15.8 Å². The van der Waals surface area contributed by atoms with E-state index in [1.807, 2.05) is 0 Å². The Labute approximate surface area is 285 Å². The molecule has 1 saturated heterocycles. The number of rotatable bonds is 7. The summed E-state index contributed by atoms with van der Waals surface area (Å²) >= 11 is 0. The molecule has 10 atom stereocenters. The summed E-state index contributed by atoms with van der Waals surface area (Å²) in [7, 11) is -2.92. The third kappa shape index (κ3) is 5.54. The Balaban J connectivity index is 1.04. The molecule has 0 aromatic heterocycles. The number of carboxylic acid groups (broad SMARTS) is 1. The molecule has 7 aliphatic rings. The van der Waals surface area contributed by atoms with Crippen LogP contribution in [0.1, 0.15) is 124 Å². The van der Waals surface area contributed by atoms with Crippen molar-refractivity contribution in [2.45, 2.75) is 135 Å². The average Bonchev–Trinajstić information content (AvgIpc) is 3.45. The van der Waals surface area contributed by atoms with Gasteiger partial charge < -0.3 is 15.3 Å². The molecule has 1 aliphatic heterocycles. The molecule has 6 nitrogen and oxygen atoms in total. The number of aliphatic carboxylic acids is 1. The van der Waals surface area contributed by atoms with E-state index >= 15 is 0 Å². The molecule has 6 aliphatic carbocycles. The first-order valence-electron chi connectivity index (χ1n) is 19.5. The third-order valence-corrected chi connectivity index (χ3v) is 18.4. The zero-order valence-electron chi connectivity index (χ0n) is 30.2. The van der Waals surface area contributed by atoms with E-state index in [2.05, 4.69) is 50.1 Å². The molecule has 0 bridgehead atoms. The van der Waals surface area contributed by atoms with Crippen LogP contribution in [0.2, 0.25) is 0 Å². The molecule has 7 heteroatoms. The molecular formula is C40H64N2O4S. The second-order valence-corrected chi connectivity index (χ2v) is 20.7. The van der Waals surface area contributed by atoms with Crippen molar-refractivity contribution >= 4 is 15.8 Å². The highest BCUT2D eigenvalue weighted by molar-refractivity contribution is 7.91. The van der Waals surface area contributed by atoms with Crippen LogP contribution in [0.4, 0.5) is 0 Å². The van der Waals surface area contributed by atoms with Crippen molar-refractivity contribution in [3.05, 3.63) is 23.3 Å². The highest BCUT2D eigenvalue weighted by atomic mass is 32.2. The lowest BCUT2D eigenvalue weighted by molar-refractivity contribution is -0.212. The smallest absolute Gasteiger partial charge is 0.306 e. The fourth-order valence-corrected chi connectivity index (χ4v) is 15.0. The van der Waals surface area contributed by atoms with E-state index in [9.17, 15) is 18.3 Å². The zero-order valence-corrected chi connectivity index (χ0v) is 31.0. The van der Waals surface area contributed by atoms with Crippen LogP contribution in [0.15, 0.2) is 23.3 Å². The van der Waals surface area contributed by atoms with Gasteiger partial charge in [-0.1, -0.05) is 46.3 Å². The van der Waals surface area contributed by atoms with E-state index in [0.717, 1.165) is 75.5 Å². The number of nitrogens with one attached hydrogen (secondary N) is 1. The molecule has 0 radical (unpaired) electrons. The molecule has 0 aromatic rings. The minimum absolute atomic E-state index is 0.146. The van der Waals surface area contributed by atoms with Crippen molar-refractivity contribution in [1.29, 1.82) is 0 Å². The van der Waals surface area contributed by atoms with Crippen LogP contribution in [0.5, 0.6) is 0 Å². The highest BCUT2D eigenvalue weighted by Gasteiger charge is 2.68. The molecule has 7 rings (SSSR count). The fourth-order valence-electron chi connectivity index (χ4n) is 13.9. The van der Waals surface area contributed by atoms with Crippen molar-refractivity contribution in [3.8, 4) is 0 Å². The maximum Gasteiger partial charge on any atom is 0.306 e. The first-order chi connectivity index (χ1) is 22.2. The van der Waals surface area contributed by atoms with Gasteiger partial charge in [-0.15, -0.1) is 0 Å². The second kappa shape index (κ2) is 12.2. The molecule has 8 unspecified atom stereocenters. The number of piperidine rings is 1. The quantitative estimate of drug-likeness (QED) is 0.290. The number of hydrogen-bond donors (Lipinski definition) is 2. The van der Waals surface area contributed by atoms with Crippen molar-refractivity contribution in [2.24, 2.45) is 51.8 Å². The van der Waals surface area contributed by atoms with Crippen molar-refractivity contribution < 1.29 is 18.3 Å².